The average Bonchev–Trinajstić information content (AvgIpc) is 2.83. The summed E-state index contributed by atoms with van der Waals surface area (Å²) in [5.41, 5.74) is 9.50. The van der Waals surface area contributed by atoms with E-state index >= 15 is 0 Å². The molecule has 1 amide bonds. The topological polar surface area (TPSA) is 55.1 Å². The number of amides is 1. The summed E-state index contributed by atoms with van der Waals surface area (Å²) in [6.45, 7) is 0. The molecule has 1 aromatic rings. The average molecular weight is 264 g/mol. The van der Waals surface area contributed by atoms with Gasteiger partial charge in [0.15, 0.2) is 0 Å². The second kappa shape index (κ2) is 6.25. The van der Waals surface area contributed by atoms with Crippen LogP contribution in [0.25, 0.3) is 0 Å². The summed E-state index contributed by atoms with van der Waals surface area (Å²) in [5, 5.41) is 2.91. The predicted molar refractivity (Wildman–Crippen MR) is 78.1 cm³/mol. The van der Waals surface area contributed by atoms with Gasteiger partial charge in [0, 0.05) is 5.69 Å². The number of fused-ring (bicyclic) bond motifs is 1. The van der Waals surface area contributed by atoms with Gasteiger partial charge in [-0.05, 0) is 61.0 Å². The van der Waals surface area contributed by atoms with Gasteiger partial charge in [0.05, 0.1) is 6.04 Å². The maximum absolute atomic E-state index is 11.9. The smallest absolute Gasteiger partial charge is 0.241 e. The Balaban J connectivity index is 1.94. The maximum Gasteiger partial charge on any atom is 0.241 e. The van der Waals surface area contributed by atoms with Gasteiger partial charge in [-0.3, -0.25) is 4.79 Å². The lowest BCUT2D eigenvalue weighted by molar-refractivity contribution is -0.117. The quantitative estimate of drug-likeness (QED) is 0.857. The number of carbonyl (C=O) groups is 1. The van der Waals surface area contributed by atoms with Gasteiger partial charge in [0.2, 0.25) is 5.91 Å². The monoisotopic (exact) mass is 264 g/mol. The fourth-order valence-corrected chi connectivity index (χ4v) is 2.75. The molecule has 3 N–H and O–H groups in total. The van der Waals surface area contributed by atoms with Crippen LogP contribution in [0.5, 0.6) is 0 Å². The Morgan fingerprint density at radius 2 is 2.22 bits per heavy atom. The lowest BCUT2D eigenvalue weighted by Crippen LogP contribution is -2.36. The Morgan fingerprint density at radius 3 is 3.00 bits per heavy atom. The van der Waals surface area contributed by atoms with Crippen LogP contribution < -0.4 is 11.1 Å². The Labute approximate surface area is 113 Å². The summed E-state index contributed by atoms with van der Waals surface area (Å²) in [7, 11) is 0. The van der Waals surface area contributed by atoms with Crippen molar-refractivity contribution in [3.05, 3.63) is 29.3 Å². The van der Waals surface area contributed by atoms with E-state index in [2.05, 4.69) is 17.4 Å². The van der Waals surface area contributed by atoms with Crippen LogP contribution in [0.3, 0.4) is 0 Å². The number of carbonyl (C=O) groups excluding carboxylic acids is 1. The van der Waals surface area contributed by atoms with Crippen LogP contribution in [0.4, 0.5) is 5.69 Å². The van der Waals surface area contributed by atoms with Crippen molar-refractivity contribution in [1.29, 1.82) is 0 Å². The number of benzene rings is 1. The molecular weight excluding hydrogens is 244 g/mol. The van der Waals surface area contributed by atoms with Crippen molar-refractivity contribution in [3.63, 3.8) is 0 Å². The standard InChI is InChI=1S/C14H20N2OS/c1-18-8-7-13(15)14(17)16-12-6-5-10-3-2-4-11(10)9-12/h5-6,9,13H,2-4,7-8,15H2,1H3,(H,16,17)/t13-/m1/s1. The lowest BCUT2D eigenvalue weighted by atomic mass is 10.1. The van der Waals surface area contributed by atoms with Gasteiger partial charge in [0.25, 0.3) is 0 Å². The minimum Gasteiger partial charge on any atom is -0.325 e. The molecule has 1 aliphatic carbocycles. The molecule has 18 heavy (non-hydrogen) atoms. The summed E-state index contributed by atoms with van der Waals surface area (Å²) >= 11 is 1.71. The number of rotatable bonds is 5. The third kappa shape index (κ3) is 3.27. The Bertz CT molecular complexity index is 434. The largest absolute Gasteiger partial charge is 0.325 e. The summed E-state index contributed by atoms with van der Waals surface area (Å²) in [4.78, 5) is 11.9. The van der Waals surface area contributed by atoms with Crippen LogP contribution in [0.15, 0.2) is 18.2 Å². The van der Waals surface area contributed by atoms with E-state index in [1.165, 1.54) is 17.5 Å². The SMILES string of the molecule is CSCC[C@@H](N)C(=O)Nc1ccc2c(c1)CCC2. The van der Waals surface area contributed by atoms with Crippen molar-refractivity contribution in [2.45, 2.75) is 31.7 Å². The third-order valence-corrected chi connectivity index (χ3v) is 3.98. The van der Waals surface area contributed by atoms with Gasteiger partial charge in [-0.25, -0.2) is 0 Å². The van der Waals surface area contributed by atoms with E-state index in [0.717, 1.165) is 30.7 Å². The number of aryl methyl sites for hydroxylation is 2. The molecular formula is C14H20N2OS. The highest BCUT2D eigenvalue weighted by atomic mass is 32.2. The summed E-state index contributed by atoms with van der Waals surface area (Å²) in [6.07, 6.45) is 6.25. The Kier molecular flexibility index (Phi) is 4.66. The number of anilines is 1. The molecule has 0 spiro atoms. The molecule has 0 radical (unpaired) electrons. The molecule has 0 aliphatic heterocycles. The first kappa shape index (κ1) is 13.4. The van der Waals surface area contributed by atoms with Crippen LogP contribution in [-0.4, -0.2) is 24.0 Å². The van der Waals surface area contributed by atoms with Crippen molar-refractivity contribution in [3.8, 4) is 0 Å². The second-order valence-corrected chi connectivity index (χ2v) is 5.70. The van der Waals surface area contributed by atoms with Gasteiger partial charge in [0.1, 0.15) is 0 Å². The lowest BCUT2D eigenvalue weighted by Gasteiger charge is -2.12. The van der Waals surface area contributed by atoms with E-state index in [1.54, 1.807) is 11.8 Å². The third-order valence-electron chi connectivity index (χ3n) is 3.34. The minimum absolute atomic E-state index is 0.0815. The molecule has 1 atom stereocenters. The highest BCUT2D eigenvalue weighted by Crippen LogP contribution is 2.24. The predicted octanol–water partition coefficient (Wildman–Crippen LogP) is 2.19. The minimum atomic E-state index is -0.411. The van der Waals surface area contributed by atoms with E-state index in [9.17, 15) is 4.79 Å². The molecule has 0 bridgehead atoms. The van der Waals surface area contributed by atoms with E-state index in [1.807, 2.05) is 12.3 Å². The molecule has 1 aromatic carbocycles. The fraction of sp³-hybridized carbons (Fsp3) is 0.500. The van der Waals surface area contributed by atoms with Gasteiger partial charge < -0.3 is 11.1 Å². The molecule has 1 aliphatic rings. The van der Waals surface area contributed by atoms with Crippen molar-refractivity contribution in [2.75, 3.05) is 17.3 Å². The first-order valence-electron chi connectivity index (χ1n) is 6.38. The number of hydrogen-bond acceptors (Lipinski definition) is 3. The molecule has 0 unspecified atom stereocenters. The number of nitrogens with two attached hydrogens (primary N) is 1. The zero-order valence-electron chi connectivity index (χ0n) is 10.7. The second-order valence-electron chi connectivity index (χ2n) is 4.71. The molecule has 4 heteroatoms. The molecule has 3 nitrogen and oxygen atoms in total. The first-order chi connectivity index (χ1) is 8.70. The Morgan fingerprint density at radius 1 is 1.44 bits per heavy atom. The zero-order chi connectivity index (χ0) is 13.0. The number of thioether (sulfide) groups is 1. The van der Waals surface area contributed by atoms with E-state index < -0.39 is 6.04 Å². The van der Waals surface area contributed by atoms with Crippen LogP contribution in [0, 0.1) is 0 Å². The van der Waals surface area contributed by atoms with Crippen LogP contribution >= 0.6 is 11.8 Å². The molecule has 0 fully saturated rings. The molecule has 0 heterocycles. The van der Waals surface area contributed by atoms with Crippen LogP contribution in [0.2, 0.25) is 0 Å². The summed E-state index contributed by atoms with van der Waals surface area (Å²) in [5.74, 6) is 0.834. The molecule has 2 rings (SSSR count). The van der Waals surface area contributed by atoms with E-state index in [4.69, 9.17) is 5.73 Å². The molecule has 0 saturated carbocycles. The summed E-state index contributed by atoms with van der Waals surface area (Å²) in [6, 6.07) is 5.77. The van der Waals surface area contributed by atoms with Gasteiger partial charge >= 0.3 is 0 Å². The molecule has 0 saturated heterocycles. The van der Waals surface area contributed by atoms with E-state index in [-0.39, 0.29) is 5.91 Å². The van der Waals surface area contributed by atoms with Gasteiger partial charge in [-0.15, -0.1) is 0 Å². The molecule has 0 aromatic heterocycles. The Hall–Kier alpha value is -1.00. The van der Waals surface area contributed by atoms with Crippen molar-refractivity contribution < 1.29 is 4.79 Å². The summed E-state index contributed by atoms with van der Waals surface area (Å²) < 4.78 is 0. The van der Waals surface area contributed by atoms with Crippen molar-refractivity contribution >= 4 is 23.4 Å². The van der Waals surface area contributed by atoms with Crippen molar-refractivity contribution in [2.24, 2.45) is 5.73 Å². The normalized spacial score (nSPS) is 15.2. The molecule has 98 valence electrons. The van der Waals surface area contributed by atoms with E-state index in [0.29, 0.717) is 0 Å². The number of hydrogen-bond donors (Lipinski definition) is 2. The van der Waals surface area contributed by atoms with Crippen LogP contribution in [-0.2, 0) is 17.6 Å². The zero-order valence-corrected chi connectivity index (χ0v) is 11.6. The first-order valence-corrected chi connectivity index (χ1v) is 7.77. The van der Waals surface area contributed by atoms with Gasteiger partial charge in [-0.2, -0.15) is 11.8 Å². The maximum atomic E-state index is 11.9. The number of nitrogens with one attached hydrogen (secondary N) is 1. The fourth-order valence-electron chi connectivity index (χ4n) is 2.26. The highest BCUT2D eigenvalue weighted by molar-refractivity contribution is 7.98. The highest BCUT2D eigenvalue weighted by Gasteiger charge is 2.15. The van der Waals surface area contributed by atoms with Crippen molar-refractivity contribution in [1.82, 2.24) is 0 Å². The van der Waals surface area contributed by atoms with Gasteiger partial charge in [-0.1, -0.05) is 6.07 Å². The van der Waals surface area contributed by atoms with Crippen LogP contribution in [0.1, 0.15) is 24.0 Å².